The molecule has 1 aromatic heterocycles. The molecule has 2 amide bonds. The number of benzene rings is 1. The summed E-state index contributed by atoms with van der Waals surface area (Å²) >= 11 is 0. The van der Waals surface area contributed by atoms with Crippen molar-refractivity contribution < 1.29 is 32.0 Å². The molecular formula is C23H21F3N2O4. The van der Waals surface area contributed by atoms with Gasteiger partial charge >= 0.3 is 6.18 Å². The zero-order valence-corrected chi connectivity index (χ0v) is 17.5. The molecule has 4 rings (SSSR count). The van der Waals surface area contributed by atoms with E-state index in [1.165, 1.54) is 12.1 Å². The van der Waals surface area contributed by atoms with E-state index in [1.54, 1.807) is 44.2 Å². The molecule has 2 aromatic rings. The summed E-state index contributed by atoms with van der Waals surface area (Å²) in [6.07, 6.45) is -4.21. The lowest BCUT2D eigenvalue weighted by molar-refractivity contribution is -0.191. The van der Waals surface area contributed by atoms with Gasteiger partial charge in [0, 0.05) is 12.1 Å². The largest absolute Gasteiger partial charge is 0.459 e. The van der Waals surface area contributed by atoms with E-state index < -0.39 is 46.1 Å². The number of rotatable bonds is 4. The molecule has 1 aliphatic carbocycles. The zero-order valence-electron chi connectivity index (χ0n) is 17.5. The molecule has 6 nitrogen and oxygen atoms in total. The fraction of sp³-hybridized carbons (Fsp3) is 0.348. The lowest BCUT2D eigenvalue weighted by Crippen LogP contribution is -2.66. The summed E-state index contributed by atoms with van der Waals surface area (Å²) in [5, 5.41) is 1.83. The van der Waals surface area contributed by atoms with Crippen LogP contribution in [0.4, 0.5) is 13.2 Å². The predicted molar refractivity (Wildman–Crippen MR) is 107 cm³/mol. The first-order valence-corrected chi connectivity index (χ1v) is 10.0. The van der Waals surface area contributed by atoms with Gasteiger partial charge in [0.2, 0.25) is 5.54 Å². The third-order valence-electron chi connectivity index (χ3n) is 5.77. The van der Waals surface area contributed by atoms with Gasteiger partial charge in [0.25, 0.3) is 11.8 Å². The Morgan fingerprint density at radius 2 is 1.78 bits per heavy atom. The van der Waals surface area contributed by atoms with Gasteiger partial charge < -0.3 is 14.6 Å². The normalized spacial score (nSPS) is 22.8. The molecule has 0 saturated carbocycles. The van der Waals surface area contributed by atoms with E-state index in [2.05, 4.69) is 0 Å². The van der Waals surface area contributed by atoms with Crippen molar-refractivity contribution in [1.29, 1.82) is 0 Å². The number of hydrogen-bond acceptors (Lipinski definition) is 4. The van der Waals surface area contributed by atoms with Crippen LogP contribution in [0.5, 0.6) is 0 Å². The van der Waals surface area contributed by atoms with Crippen LogP contribution in [0, 0.1) is 5.41 Å². The standard InChI is InChI=1S/C23H21F3N2O4/c1-21(2)11-15-18(16(29)12-21)22(23(24,25)26,27-19(30)17-9-6-10-32-17)20(31)28(15)13-14-7-4-3-5-8-14/h3-10H,11-13H2,1-2H3,(H,27,30)/t22-/m1/s1. The van der Waals surface area contributed by atoms with Gasteiger partial charge in [-0.2, -0.15) is 13.2 Å². The molecule has 0 bridgehead atoms. The number of furan rings is 1. The van der Waals surface area contributed by atoms with E-state index in [1.807, 2.05) is 5.32 Å². The highest BCUT2D eigenvalue weighted by molar-refractivity contribution is 6.14. The Morgan fingerprint density at radius 3 is 2.38 bits per heavy atom. The SMILES string of the molecule is CC1(C)CC(=O)C2=C(C1)N(Cc1ccccc1)C(=O)[C@@]2(NC(=O)c1ccco1)C(F)(F)F. The first kappa shape index (κ1) is 21.9. The lowest BCUT2D eigenvalue weighted by Gasteiger charge is -2.35. The van der Waals surface area contributed by atoms with Crippen molar-refractivity contribution >= 4 is 17.6 Å². The molecule has 32 heavy (non-hydrogen) atoms. The van der Waals surface area contributed by atoms with Gasteiger partial charge in [0.15, 0.2) is 11.5 Å². The average Bonchev–Trinajstić information content (AvgIpc) is 3.30. The maximum atomic E-state index is 14.6. The molecular weight excluding hydrogens is 425 g/mol. The second kappa shape index (κ2) is 7.36. The monoisotopic (exact) mass is 446 g/mol. The minimum absolute atomic E-state index is 0.00262. The fourth-order valence-corrected chi connectivity index (χ4v) is 4.40. The minimum atomic E-state index is -5.25. The highest BCUT2D eigenvalue weighted by atomic mass is 19.4. The van der Waals surface area contributed by atoms with Gasteiger partial charge in [-0.05, 0) is 29.5 Å². The van der Waals surface area contributed by atoms with Crippen LogP contribution in [0.25, 0.3) is 0 Å². The predicted octanol–water partition coefficient (Wildman–Crippen LogP) is 4.00. The van der Waals surface area contributed by atoms with Crippen LogP contribution < -0.4 is 5.32 Å². The number of nitrogens with zero attached hydrogens (tertiary/aromatic N) is 1. The Bertz CT molecular complexity index is 1100. The number of nitrogens with one attached hydrogen (secondary N) is 1. The maximum absolute atomic E-state index is 14.6. The quantitative estimate of drug-likeness (QED) is 0.770. The minimum Gasteiger partial charge on any atom is -0.459 e. The Balaban J connectivity index is 1.88. The summed E-state index contributed by atoms with van der Waals surface area (Å²) < 4.78 is 48.8. The topological polar surface area (TPSA) is 79.6 Å². The number of carbonyl (C=O) groups excluding carboxylic acids is 3. The highest BCUT2D eigenvalue weighted by Crippen LogP contribution is 2.52. The van der Waals surface area contributed by atoms with Crippen LogP contribution in [0.3, 0.4) is 0 Å². The molecule has 9 heteroatoms. The first-order chi connectivity index (χ1) is 15.0. The van der Waals surface area contributed by atoms with E-state index in [0.29, 0.717) is 5.56 Å². The van der Waals surface area contributed by atoms with Crippen LogP contribution in [0.1, 0.15) is 42.8 Å². The molecule has 1 atom stereocenters. The van der Waals surface area contributed by atoms with Crippen molar-refractivity contribution in [3.63, 3.8) is 0 Å². The summed E-state index contributed by atoms with van der Waals surface area (Å²) in [6, 6.07) is 11.0. The fourth-order valence-electron chi connectivity index (χ4n) is 4.40. The highest BCUT2D eigenvalue weighted by Gasteiger charge is 2.71. The molecule has 0 fully saturated rings. The van der Waals surface area contributed by atoms with E-state index in [4.69, 9.17) is 4.42 Å². The van der Waals surface area contributed by atoms with Crippen LogP contribution in [0.15, 0.2) is 64.4 Å². The summed E-state index contributed by atoms with van der Waals surface area (Å²) in [5.41, 5.74) is -4.23. The lowest BCUT2D eigenvalue weighted by atomic mass is 9.72. The van der Waals surface area contributed by atoms with Gasteiger partial charge in [0.05, 0.1) is 18.4 Å². The molecule has 1 aromatic carbocycles. The number of Topliss-reactive ketones (excluding diaryl/α,β-unsaturated/α-hetero) is 1. The number of hydrogen-bond donors (Lipinski definition) is 1. The van der Waals surface area contributed by atoms with Gasteiger partial charge in [0.1, 0.15) is 0 Å². The molecule has 1 N–H and O–H groups in total. The second-order valence-electron chi connectivity index (χ2n) is 8.82. The zero-order chi connectivity index (χ0) is 23.3. The Morgan fingerprint density at radius 1 is 1.09 bits per heavy atom. The van der Waals surface area contributed by atoms with Crippen molar-refractivity contribution in [1.82, 2.24) is 10.2 Å². The molecule has 0 spiro atoms. The molecule has 0 saturated heterocycles. The number of allylic oxidation sites excluding steroid dienone is 1. The molecule has 0 radical (unpaired) electrons. The van der Waals surface area contributed by atoms with Crippen molar-refractivity contribution in [2.24, 2.45) is 5.41 Å². The number of alkyl halides is 3. The van der Waals surface area contributed by atoms with Gasteiger partial charge in [-0.1, -0.05) is 44.2 Å². The van der Waals surface area contributed by atoms with E-state index in [-0.39, 0.29) is 25.1 Å². The molecule has 2 aliphatic rings. The summed E-state index contributed by atoms with van der Waals surface area (Å²) in [5.74, 6) is -3.83. The maximum Gasteiger partial charge on any atom is 0.425 e. The summed E-state index contributed by atoms with van der Waals surface area (Å²) in [4.78, 5) is 40.1. The molecule has 0 unspecified atom stereocenters. The third-order valence-corrected chi connectivity index (χ3v) is 5.77. The van der Waals surface area contributed by atoms with Gasteiger partial charge in [-0.3, -0.25) is 14.4 Å². The Kier molecular flexibility index (Phi) is 5.02. The smallest absolute Gasteiger partial charge is 0.425 e. The van der Waals surface area contributed by atoms with E-state index in [0.717, 1.165) is 11.2 Å². The number of halogens is 3. The van der Waals surface area contributed by atoms with Crippen molar-refractivity contribution in [3.8, 4) is 0 Å². The van der Waals surface area contributed by atoms with Gasteiger partial charge in [-0.15, -0.1) is 0 Å². The second-order valence-corrected chi connectivity index (χ2v) is 8.82. The number of ketones is 1. The molecule has 1 aliphatic heterocycles. The first-order valence-electron chi connectivity index (χ1n) is 10.0. The van der Waals surface area contributed by atoms with Crippen molar-refractivity contribution in [3.05, 3.63) is 71.3 Å². The van der Waals surface area contributed by atoms with E-state index in [9.17, 15) is 27.6 Å². The summed E-state index contributed by atoms with van der Waals surface area (Å²) in [7, 11) is 0. The van der Waals surface area contributed by atoms with Crippen LogP contribution in [0.2, 0.25) is 0 Å². The van der Waals surface area contributed by atoms with Crippen molar-refractivity contribution in [2.45, 2.75) is 44.9 Å². The number of carbonyl (C=O) groups is 3. The van der Waals surface area contributed by atoms with Crippen LogP contribution in [-0.2, 0) is 16.1 Å². The van der Waals surface area contributed by atoms with Gasteiger partial charge in [-0.25, -0.2) is 0 Å². The van der Waals surface area contributed by atoms with Crippen LogP contribution in [-0.4, -0.2) is 34.2 Å². The number of amides is 2. The Labute approximate surface area is 182 Å². The summed E-state index contributed by atoms with van der Waals surface area (Å²) in [6.45, 7) is 3.36. The molecule has 2 heterocycles. The third kappa shape index (κ3) is 3.41. The molecule has 168 valence electrons. The average molecular weight is 446 g/mol. The van der Waals surface area contributed by atoms with E-state index >= 15 is 0 Å². The van der Waals surface area contributed by atoms with Crippen molar-refractivity contribution in [2.75, 3.05) is 0 Å². The Hall–Kier alpha value is -3.36. The van der Waals surface area contributed by atoms with Crippen LogP contribution >= 0.6 is 0 Å².